The molecule has 1 aliphatic rings. The number of benzene rings is 1. The lowest BCUT2D eigenvalue weighted by molar-refractivity contribution is 0.729. The number of halogens is 1. The molecule has 0 saturated heterocycles. The SMILES string of the molecule is N#Cc1nccnc1NCC1(c2ccc(Cl)cc2)CC1. The Bertz CT molecular complexity index is 656. The Morgan fingerprint density at radius 1 is 1.20 bits per heavy atom. The van der Waals surface area contributed by atoms with Crippen LogP contribution in [-0.2, 0) is 5.41 Å². The van der Waals surface area contributed by atoms with Crippen LogP contribution in [0.4, 0.5) is 5.82 Å². The predicted octanol–water partition coefficient (Wildman–Crippen LogP) is 3.15. The molecule has 3 rings (SSSR count). The fourth-order valence-corrected chi connectivity index (χ4v) is 2.45. The number of anilines is 1. The van der Waals surface area contributed by atoms with Gasteiger partial charge in [0.25, 0.3) is 0 Å². The van der Waals surface area contributed by atoms with Gasteiger partial charge in [0.1, 0.15) is 6.07 Å². The highest BCUT2D eigenvalue weighted by molar-refractivity contribution is 6.30. The van der Waals surface area contributed by atoms with Gasteiger partial charge in [-0.05, 0) is 30.5 Å². The summed E-state index contributed by atoms with van der Waals surface area (Å²) in [5, 5.41) is 13.0. The monoisotopic (exact) mass is 284 g/mol. The maximum atomic E-state index is 9.00. The van der Waals surface area contributed by atoms with Crippen LogP contribution in [0, 0.1) is 11.3 Å². The summed E-state index contributed by atoms with van der Waals surface area (Å²) in [5.74, 6) is 0.551. The van der Waals surface area contributed by atoms with Gasteiger partial charge in [-0.15, -0.1) is 0 Å². The van der Waals surface area contributed by atoms with E-state index in [0.717, 1.165) is 24.4 Å². The van der Waals surface area contributed by atoms with E-state index in [4.69, 9.17) is 16.9 Å². The molecule has 1 aliphatic carbocycles. The predicted molar refractivity (Wildman–Crippen MR) is 77.6 cm³/mol. The molecule has 0 atom stereocenters. The second kappa shape index (κ2) is 5.10. The van der Waals surface area contributed by atoms with Gasteiger partial charge in [0.2, 0.25) is 0 Å². The lowest BCUT2D eigenvalue weighted by Crippen LogP contribution is -2.20. The minimum atomic E-state index is 0.134. The molecule has 20 heavy (non-hydrogen) atoms. The van der Waals surface area contributed by atoms with Gasteiger partial charge in [0.05, 0.1) is 0 Å². The van der Waals surface area contributed by atoms with Crippen LogP contribution in [0.2, 0.25) is 5.02 Å². The zero-order valence-electron chi connectivity index (χ0n) is 10.8. The van der Waals surface area contributed by atoms with Crippen LogP contribution in [0.25, 0.3) is 0 Å². The number of nitrogens with one attached hydrogen (secondary N) is 1. The molecule has 0 bridgehead atoms. The van der Waals surface area contributed by atoms with Crippen LogP contribution in [0.15, 0.2) is 36.7 Å². The lowest BCUT2D eigenvalue weighted by atomic mass is 9.96. The van der Waals surface area contributed by atoms with Crippen LogP contribution in [-0.4, -0.2) is 16.5 Å². The Morgan fingerprint density at radius 3 is 2.55 bits per heavy atom. The number of rotatable bonds is 4. The number of hydrogen-bond donors (Lipinski definition) is 1. The average molecular weight is 285 g/mol. The van der Waals surface area contributed by atoms with E-state index in [2.05, 4.69) is 27.4 Å². The average Bonchev–Trinajstić information content (AvgIpc) is 3.27. The maximum Gasteiger partial charge on any atom is 0.182 e. The molecule has 4 nitrogen and oxygen atoms in total. The summed E-state index contributed by atoms with van der Waals surface area (Å²) in [4.78, 5) is 8.17. The minimum Gasteiger partial charge on any atom is -0.367 e. The first kappa shape index (κ1) is 12.9. The van der Waals surface area contributed by atoms with Gasteiger partial charge in [0, 0.05) is 29.4 Å². The molecular weight excluding hydrogens is 272 g/mol. The van der Waals surface area contributed by atoms with Crippen molar-refractivity contribution in [2.75, 3.05) is 11.9 Å². The van der Waals surface area contributed by atoms with Gasteiger partial charge in [-0.2, -0.15) is 5.26 Å². The normalized spacial score (nSPS) is 15.4. The summed E-state index contributed by atoms with van der Waals surface area (Å²) in [7, 11) is 0. The highest BCUT2D eigenvalue weighted by Gasteiger charge is 2.44. The van der Waals surface area contributed by atoms with Crippen molar-refractivity contribution in [3.63, 3.8) is 0 Å². The fraction of sp³-hybridized carbons (Fsp3) is 0.267. The first-order chi connectivity index (χ1) is 9.73. The Morgan fingerprint density at radius 2 is 1.90 bits per heavy atom. The third-order valence-electron chi connectivity index (χ3n) is 3.71. The second-order valence-corrected chi connectivity index (χ2v) is 5.44. The molecule has 1 heterocycles. The summed E-state index contributed by atoms with van der Waals surface area (Å²) >= 11 is 5.92. The van der Waals surface area contributed by atoms with E-state index in [1.165, 1.54) is 11.8 Å². The molecule has 0 amide bonds. The van der Waals surface area contributed by atoms with Gasteiger partial charge in [-0.25, -0.2) is 9.97 Å². The molecule has 0 unspecified atom stereocenters. The molecule has 1 fully saturated rings. The minimum absolute atomic E-state index is 0.134. The van der Waals surface area contributed by atoms with Gasteiger partial charge < -0.3 is 5.32 Å². The topological polar surface area (TPSA) is 61.6 Å². The van der Waals surface area contributed by atoms with Crippen molar-refractivity contribution >= 4 is 17.4 Å². The second-order valence-electron chi connectivity index (χ2n) is 5.01. The van der Waals surface area contributed by atoms with Crippen molar-refractivity contribution in [1.29, 1.82) is 5.26 Å². The third kappa shape index (κ3) is 2.45. The largest absolute Gasteiger partial charge is 0.367 e. The van der Waals surface area contributed by atoms with E-state index in [-0.39, 0.29) is 5.41 Å². The Balaban J connectivity index is 1.75. The molecule has 2 aromatic rings. The number of nitrogens with zero attached hydrogens (tertiary/aromatic N) is 3. The van der Waals surface area contributed by atoms with Crippen molar-refractivity contribution in [2.45, 2.75) is 18.3 Å². The zero-order valence-corrected chi connectivity index (χ0v) is 11.6. The van der Waals surface area contributed by atoms with E-state index in [1.807, 2.05) is 18.2 Å². The molecule has 1 aromatic carbocycles. The molecule has 1 aromatic heterocycles. The van der Waals surface area contributed by atoms with Crippen molar-refractivity contribution in [1.82, 2.24) is 9.97 Å². The first-order valence-electron chi connectivity index (χ1n) is 6.45. The summed E-state index contributed by atoms with van der Waals surface area (Å²) in [5.41, 5.74) is 1.74. The van der Waals surface area contributed by atoms with Gasteiger partial charge in [-0.1, -0.05) is 23.7 Å². The molecular formula is C15H13ClN4. The highest BCUT2D eigenvalue weighted by Crippen LogP contribution is 2.48. The van der Waals surface area contributed by atoms with E-state index in [0.29, 0.717) is 11.5 Å². The van der Waals surface area contributed by atoms with Crippen LogP contribution >= 0.6 is 11.6 Å². The molecule has 0 radical (unpaired) electrons. The molecule has 5 heteroatoms. The van der Waals surface area contributed by atoms with E-state index < -0.39 is 0 Å². The summed E-state index contributed by atoms with van der Waals surface area (Å²) in [6.45, 7) is 0.752. The van der Waals surface area contributed by atoms with Crippen molar-refractivity contribution in [2.24, 2.45) is 0 Å². The van der Waals surface area contributed by atoms with Crippen LogP contribution < -0.4 is 5.32 Å². The first-order valence-corrected chi connectivity index (χ1v) is 6.82. The molecule has 1 N–H and O–H groups in total. The lowest BCUT2D eigenvalue weighted by Gasteiger charge is -2.17. The van der Waals surface area contributed by atoms with E-state index >= 15 is 0 Å². The molecule has 100 valence electrons. The van der Waals surface area contributed by atoms with Gasteiger partial charge in [-0.3, -0.25) is 0 Å². The van der Waals surface area contributed by atoms with Gasteiger partial charge in [0.15, 0.2) is 11.5 Å². The molecule has 1 saturated carbocycles. The van der Waals surface area contributed by atoms with Crippen molar-refractivity contribution in [3.8, 4) is 6.07 Å². The number of aromatic nitrogens is 2. The fourth-order valence-electron chi connectivity index (χ4n) is 2.32. The Kier molecular flexibility index (Phi) is 3.29. The summed E-state index contributed by atoms with van der Waals surface area (Å²) in [6, 6.07) is 10.0. The Hall–Kier alpha value is -2.12. The summed E-state index contributed by atoms with van der Waals surface area (Å²) in [6.07, 6.45) is 5.37. The quantitative estimate of drug-likeness (QED) is 0.937. The van der Waals surface area contributed by atoms with Gasteiger partial charge >= 0.3 is 0 Å². The van der Waals surface area contributed by atoms with E-state index in [1.54, 1.807) is 6.20 Å². The van der Waals surface area contributed by atoms with Crippen molar-refractivity contribution in [3.05, 3.63) is 52.9 Å². The molecule has 0 spiro atoms. The zero-order chi connectivity index (χ0) is 14.0. The van der Waals surface area contributed by atoms with Crippen LogP contribution in [0.1, 0.15) is 24.1 Å². The Labute approximate surface area is 122 Å². The van der Waals surface area contributed by atoms with Crippen molar-refractivity contribution < 1.29 is 0 Å². The highest BCUT2D eigenvalue weighted by atomic mass is 35.5. The third-order valence-corrected chi connectivity index (χ3v) is 3.96. The summed E-state index contributed by atoms with van der Waals surface area (Å²) < 4.78 is 0. The maximum absolute atomic E-state index is 9.00. The van der Waals surface area contributed by atoms with E-state index in [9.17, 15) is 0 Å². The number of nitriles is 1. The smallest absolute Gasteiger partial charge is 0.182 e. The molecule has 0 aliphatic heterocycles. The van der Waals surface area contributed by atoms with Crippen LogP contribution in [0.5, 0.6) is 0 Å². The van der Waals surface area contributed by atoms with Crippen LogP contribution in [0.3, 0.4) is 0 Å². The number of hydrogen-bond acceptors (Lipinski definition) is 4. The standard InChI is InChI=1S/C15H13ClN4/c16-12-3-1-11(2-4-12)15(5-6-15)10-20-14-13(9-17)18-7-8-19-14/h1-4,7-8H,5-6,10H2,(H,19,20).